The first-order chi connectivity index (χ1) is 16.9. The summed E-state index contributed by atoms with van der Waals surface area (Å²) in [4.78, 5) is 11.6. The smallest absolute Gasteiger partial charge is 0.277 e. The summed E-state index contributed by atoms with van der Waals surface area (Å²) in [6.45, 7) is 10.2. The van der Waals surface area contributed by atoms with E-state index in [4.69, 9.17) is 19.4 Å². The van der Waals surface area contributed by atoms with Gasteiger partial charge in [0.05, 0.1) is 19.8 Å². The van der Waals surface area contributed by atoms with Crippen molar-refractivity contribution in [3.05, 3.63) is 41.7 Å². The van der Waals surface area contributed by atoms with Crippen LogP contribution in [-0.2, 0) is 20.9 Å². The maximum absolute atomic E-state index is 11.6. The summed E-state index contributed by atoms with van der Waals surface area (Å²) in [6, 6.07) is 7.99. The van der Waals surface area contributed by atoms with E-state index in [1.165, 1.54) is 0 Å². The molecule has 0 saturated heterocycles. The molecule has 192 valence electrons. The molecule has 0 aliphatic rings. The highest BCUT2D eigenvalue weighted by Crippen LogP contribution is 2.25. The van der Waals surface area contributed by atoms with Crippen LogP contribution in [0.5, 0.6) is 0 Å². The third kappa shape index (κ3) is 12.0. The summed E-state index contributed by atoms with van der Waals surface area (Å²) >= 11 is 1.54. The molecule has 2 rings (SSSR count). The van der Waals surface area contributed by atoms with Crippen molar-refractivity contribution in [2.75, 3.05) is 26.4 Å². The molecule has 1 amide bonds. The quantitative estimate of drug-likeness (QED) is 0.162. The Hall–Kier alpha value is -2.76. The molecule has 0 aliphatic heterocycles. The molecular formula is C24H36N6O4S. The first kappa shape index (κ1) is 28.5. The van der Waals surface area contributed by atoms with Crippen molar-refractivity contribution in [3.8, 4) is 11.5 Å². The normalized spacial score (nSPS) is 11.8. The standard InChI is InChI=1S/C24H36N6O4S/c1-17(2)27-22(31)10-13-33-16-21(28-25)14-26-11-5-12-32-15-19-6-8-20(9-7-19)23-29-30-24(34-23)35-18(3)4/h6-9,14,17-18,25-26H,5,10-13,15-16H2,1-4H3,(H,27,31)/b21-14-,28-25?. The highest BCUT2D eigenvalue weighted by atomic mass is 32.2. The summed E-state index contributed by atoms with van der Waals surface area (Å²) in [5, 5.41) is 18.5. The van der Waals surface area contributed by atoms with Crippen LogP contribution in [0.1, 0.15) is 46.1 Å². The predicted molar refractivity (Wildman–Crippen MR) is 135 cm³/mol. The van der Waals surface area contributed by atoms with Crippen LogP contribution in [0.2, 0.25) is 0 Å². The van der Waals surface area contributed by atoms with Gasteiger partial charge in [-0.25, -0.2) is 5.53 Å². The van der Waals surface area contributed by atoms with E-state index in [9.17, 15) is 4.79 Å². The summed E-state index contributed by atoms with van der Waals surface area (Å²) in [5.74, 6) is 0.463. The number of ether oxygens (including phenoxy) is 2. The maximum Gasteiger partial charge on any atom is 0.277 e. The first-order valence-corrected chi connectivity index (χ1v) is 12.6. The van der Waals surface area contributed by atoms with Gasteiger partial charge in [0.25, 0.3) is 5.22 Å². The summed E-state index contributed by atoms with van der Waals surface area (Å²) in [7, 11) is 0. The third-order valence-corrected chi connectivity index (χ3v) is 5.25. The second kappa shape index (κ2) is 16.0. The van der Waals surface area contributed by atoms with E-state index in [1.807, 2.05) is 38.1 Å². The van der Waals surface area contributed by atoms with Gasteiger partial charge in [-0.05, 0) is 38.0 Å². The first-order valence-electron chi connectivity index (χ1n) is 11.7. The molecule has 35 heavy (non-hydrogen) atoms. The van der Waals surface area contributed by atoms with Crippen LogP contribution in [-0.4, -0.2) is 53.8 Å². The zero-order valence-electron chi connectivity index (χ0n) is 20.9. The molecule has 0 bridgehead atoms. The molecule has 0 aliphatic carbocycles. The fraction of sp³-hybridized carbons (Fsp3) is 0.542. The zero-order valence-corrected chi connectivity index (χ0v) is 21.7. The Morgan fingerprint density at radius 2 is 1.94 bits per heavy atom. The van der Waals surface area contributed by atoms with Crippen LogP contribution in [0.25, 0.3) is 11.5 Å². The van der Waals surface area contributed by atoms with Gasteiger partial charge in [-0.2, -0.15) is 5.11 Å². The number of nitrogens with one attached hydrogen (secondary N) is 3. The molecule has 1 aromatic heterocycles. The van der Waals surface area contributed by atoms with Crippen molar-refractivity contribution < 1.29 is 18.7 Å². The van der Waals surface area contributed by atoms with E-state index in [1.54, 1.807) is 18.0 Å². The fourth-order valence-corrected chi connectivity index (χ4v) is 3.44. The molecule has 0 spiro atoms. The van der Waals surface area contributed by atoms with Crippen LogP contribution in [0.15, 0.2) is 50.9 Å². The molecular weight excluding hydrogens is 468 g/mol. The number of amides is 1. The average molecular weight is 505 g/mol. The molecule has 0 atom stereocenters. The van der Waals surface area contributed by atoms with Crippen molar-refractivity contribution in [2.24, 2.45) is 5.11 Å². The molecule has 2 aromatic rings. The Morgan fingerprint density at radius 1 is 1.17 bits per heavy atom. The number of thioether (sulfide) groups is 1. The Morgan fingerprint density at radius 3 is 2.63 bits per heavy atom. The second-order valence-electron chi connectivity index (χ2n) is 8.37. The van der Waals surface area contributed by atoms with Crippen molar-refractivity contribution in [3.63, 3.8) is 0 Å². The van der Waals surface area contributed by atoms with Gasteiger partial charge in [-0.15, -0.1) is 10.2 Å². The van der Waals surface area contributed by atoms with Crippen LogP contribution < -0.4 is 10.6 Å². The van der Waals surface area contributed by atoms with Crippen LogP contribution in [0.4, 0.5) is 0 Å². The molecule has 0 radical (unpaired) electrons. The molecule has 0 unspecified atom stereocenters. The highest BCUT2D eigenvalue weighted by molar-refractivity contribution is 7.99. The summed E-state index contributed by atoms with van der Waals surface area (Å²) in [6.07, 6.45) is 2.74. The Bertz CT molecular complexity index is 930. The van der Waals surface area contributed by atoms with E-state index >= 15 is 0 Å². The number of benzene rings is 1. The number of carbonyl (C=O) groups excluding carboxylic acids is 1. The minimum Gasteiger partial charge on any atom is -0.411 e. The van der Waals surface area contributed by atoms with Crippen molar-refractivity contribution >= 4 is 17.7 Å². The monoisotopic (exact) mass is 504 g/mol. The maximum atomic E-state index is 11.6. The Kier molecular flexibility index (Phi) is 13.0. The largest absolute Gasteiger partial charge is 0.411 e. The van der Waals surface area contributed by atoms with E-state index in [2.05, 4.69) is 39.8 Å². The zero-order chi connectivity index (χ0) is 25.5. The van der Waals surface area contributed by atoms with E-state index in [-0.39, 0.29) is 31.6 Å². The Balaban J connectivity index is 1.58. The van der Waals surface area contributed by atoms with Gasteiger partial charge in [-0.1, -0.05) is 37.7 Å². The predicted octanol–water partition coefficient (Wildman–Crippen LogP) is 4.54. The molecule has 1 aromatic carbocycles. The minimum atomic E-state index is -0.0517. The van der Waals surface area contributed by atoms with Crippen molar-refractivity contribution in [1.82, 2.24) is 20.8 Å². The molecule has 3 N–H and O–H groups in total. The fourth-order valence-electron chi connectivity index (χ4n) is 2.82. The van der Waals surface area contributed by atoms with Gasteiger partial charge in [0.15, 0.2) is 0 Å². The van der Waals surface area contributed by atoms with Crippen molar-refractivity contribution in [2.45, 2.75) is 63.7 Å². The van der Waals surface area contributed by atoms with E-state index in [0.717, 1.165) is 17.5 Å². The minimum absolute atomic E-state index is 0.0517. The molecule has 10 nitrogen and oxygen atoms in total. The number of hydrogen-bond donors (Lipinski definition) is 3. The number of rotatable bonds is 17. The van der Waals surface area contributed by atoms with E-state index in [0.29, 0.717) is 41.8 Å². The summed E-state index contributed by atoms with van der Waals surface area (Å²) in [5.41, 5.74) is 9.64. The second-order valence-corrected chi connectivity index (χ2v) is 9.90. The van der Waals surface area contributed by atoms with Gasteiger partial charge < -0.3 is 24.5 Å². The SMILES string of the molecule is CC(C)NC(=O)CCOC/C(=C/NCCCOCc1ccc(-c2nnc(SC(C)C)o2)cc1)N=N. The molecule has 0 fully saturated rings. The Labute approximate surface area is 211 Å². The average Bonchev–Trinajstić information content (AvgIpc) is 3.27. The van der Waals surface area contributed by atoms with E-state index < -0.39 is 0 Å². The van der Waals surface area contributed by atoms with Gasteiger partial charge in [0.1, 0.15) is 5.70 Å². The van der Waals surface area contributed by atoms with Gasteiger partial charge in [0.2, 0.25) is 11.8 Å². The topological polar surface area (TPSA) is 135 Å². The lowest BCUT2D eigenvalue weighted by Gasteiger charge is -2.09. The number of hydrogen-bond acceptors (Lipinski definition) is 10. The number of carbonyl (C=O) groups is 1. The van der Waals surface area contributed by atoms with Gasteiger partial charge >= 0.3 is 0 Å². The van der Waals surface area contributed by atoms with Gasteiger partial charge in [0, 0.05) is 42.6 Å². The molecule has 0 saturated carbocycles. The van der Waals surface area contributed by atoms with Crippen LogP contribution >= 0.6 is 11.8 Å². The lowest BCUT2D eigenvalue weighted by molar-refractivity contribution is -0.122. The molecule has 1 heterocycles. The number of aromatic nitrogens is 2. The summed E-state index contributed by atoms with van der Waals surface area (Å²) < 4.78 is 16.8. The highest BCUT2D eigenvalue weighted by Gasteiger charge is 2.10. The lowest BCUT2D eigenvalue weighted by atomic mass is 10.1. The van der Waals surface area contributed by atoms with Crippen molar-refractivity contribution in [1.29, 1.82) is 5.53 Å². The van der Waals surface area contributed by atoms with Crippen LogP contribution in [0, 0.1) is 5.53 Å². The number of nitrogens with zero attached hydrogens (tertiary/aromatic N) is 3. The van der Waals surface area contributed by atoms with Crippen LogP contribution in [0.3, 0.4) is 0 Å². The van der Waals surface area contributed by atoms with Gasteiger partial charge in [-0.3, -0.25) is 4.79 Å². The molecule has 11 heteroatoms. The lowest BCUT2D eigenvalue weighted by Crippen LogP contribution is -2.30. The third-order valence-electron chi connectivity index (χ3n) is 4.41.